The average Bonchev–Trinajstić information content (AvgIpc) is 2.22. The number of carbonyl (C=O) groups is 1. The number of amides is 1. The van der Waals surface area contributed by atoms with Crippen molar-refractivity contribution in [1.29, 1.82) is 0 Å². The monoisotopic (exact) mass is 246 g/mol. The Balaban J connectivity index is 3.70. The quantitative estimate of drug-likeness (QED) is 0.499. The summed E-state index contributed by atoms with van der Waals surface area (Å²) in [5.41, 5.74) is 4.71. The van der Waals surface area contributed by atoms with Gasteiger partial charge in [0.15, 0.2) is 0 Å². The second kappa shape index (κ2) is 7.57. The SMILES string of the molecule is CCCOCCCNC(=O)C(C)(C)C(N)=S. The Hall–Kier alpha value is -0.680. The first-order valence-electron chi connectivity index (χ1n) is 5.58. The molecule has 0 heterocycles. The molecule has 0 aromatic rings. The number of nitrogens with two attached hydrogens (primary N) is 1. The highest BCUT2D eigenvalue weighted by Gasteiger charge is 2.30. The number of nitrogens with one attached hydrogen (secondary N) is 1. The molecule has 0 bridgehead atoms. The zero-order valence-electron chi connectivity index (χ0n) is 10.3. The van der Waals surface area contributed by atoms with E-state index in [-0.39, 0.29) is 10.9 Å². The van der Waals surface area contributed by atoms with Crippen molar-refractivity contribution in [3.8, 4) is 0 Å². The molecule has 0 fully saturated rings. The molecule has 0 saturated carbocycles. The highest BCUT2D eigenvalue weighted by Crippen LogP contribution is 2.14. The molecule has 0 aliphatic carbocycles. The van der Waals surface area contributed by atoms with Crippen LogP contribution in [0.5, 0.6) is 0 Å². The molecule has 0 atom stereocenters. The number of carbonyl (C=O) groups excluding carboxylic acids is 1. The highest BCUT2D eigenvalue weighted by molar-refractivity contribution is 7.80. The van der Waals surface area contributed by atoms with Gasteiger partial charge >= 0.3 is 0 Å². The number of hydrogen-bond acceptors (Lipinski definition) is 3. The van der Waals surface area contributed by atoms with Crippen molar-refractivity contribution < 1.29 is 9.53 Å². The topological polar surface area (TPSA) is 64.3 Å². The molecule has 0 aliphatic heterocycles. The molecule has 0 aliphatic rings. The van der Waals surface area contributed by atoms with Crippen LogP contribution in [0.2, 0.25) is 0 Å². The van der Waals surface area contributed by atoms with Gasteiger partial charge in [-0.15, -0.1) is 0 Å². The Kier molecular flexibility index (Phi) is 7.25. The standard InChI is InChI=1S/C11H22N2O2S/c1-4-7-15-8-5-6-13-10(14)11(2,3)9(12)16/h4-8H2,1-3H3,(H2,12,16)(H,13,14). The lowest BCUT2D eigenvalue weighted by Crippen LogP contribution is -2.45. The zero-order valence-corrected chi connectivity index (χ0v) is 11.2. The summed E-state index contributed by atoms with van der Waals surface area (Å²) in [6.45, 7) is 7.53. The molecule has 4 nitrogen and oxygen atoms in total. The van der Waals surface area contributed by atoms with Crippen molar-refractivity contribution in [2.24, 2.45) is 11.1 Å². The number of ether oxygens (including phenoxy) is 1. The van der Waals surface area contributed by atoms with Gasteiger partial charge in [0, 0.05) is 19.8 Å². The molecule has 94 valence electrons. The fourth-order valence-corrected chi connectivity index (χ4v) is 1.05. The van der Waals surface area contributed by atoms with Crippen LogP contribution in [-0.4, -0.2) is 30.7 Å². The van der Waals surface area contributed by atoms with E-state index in [2.05, 4.69) is 12.2 Å². The van der Waals surface area contributed by atoms with Crippen molar-refractivity contribution in [3.05, 3.63) is 0 Å². The largest absolute Gasteiger partial charge is 0.392 e. The molecule has 16 heavy (non-hydrogen) atoms. The summed E-state index contributed by atoms with van der Waals surface area (Å²) < 4.78 is 5.30. The van der Waals surface area contributed by atoms with Gasteiger partial charge in [-0.05, 0) is 26.7 Å². The summed E-state index contributed by atoms with van der Waals surface area (Å²) >= 11 is 4.84. The highest BCUT2D eigenvalue weighted by atomic mass is 32.1. The maximum atomic E-state index is 11.7. The predicted molar refractivity (Wildman–Crippen MR) is 69.3 cm³/mol. The minimum atomic E-state index is -0.778. The second-order valence-corrected chi connectivity index (χ2v) is 4.65. The maximum Gasteiger partial charge on any atom is 0.232 e. The van der Waals surface area contributed by atoms with Crippen LogP contribution in [-0.2, 0) is 9.53 Å². The van der Waals surface area contributed by atoms with Gasteiger partial charge in [-0.25, -0.2) is 0 Å². The Bertz CT molecular complexity index is 242. The number of thiocarbonyl (C=S) groups is 1. The molecule has 3 N–H and O–H groups in total. The lowest BCUT2D eigenvalue weighted by molar-refractivity contribution is -0.126. The van der Waals surface area contributed by atoms with E-state index >= 15 is 0 Å². The lowest BCUT2D eigenvalue weighted by Gasteiger charge is -2.21. The first-order valence-corrected chi connectivity index (χ1v) is 5.99. The third-order valence-electron chi connectivity index (χ3n) is 2.28. The van der Waals surface area contributed by atoms with E-state index in [0.717, 1.165) is 19.4 Å². The zero-order chi connectivity index (χ0) is 12.6. The Morgan fingerprint density at radius 3 is 2.56 bits per heavy atom. The molecule has 5 heteroatoms. The van der Waals surface area contributed by atoms with Crippen LogP contribution in [0.3, 0.4) is 0 Å². The van der Waals surface area contributed by atoms with Gasteiger partial charge in [-0.2, -0.15) is 0 Å². The van der Waals surface area contributed by atoms with Crippen molar-refractivity contribution in [3.63, 3.8) is 0 Å². The summed E-state index contributed by atoms with van der Waals surface area (Å²) in [7, 11) is 0. The van der Waals surface area contributed by atoms with Gasteiger partial charge < -0.3 is 15.8 Å². The molecular weight excluding hydrogens is 224 g/mol. The van der Waals surface area contributed by atoms with Gasteiger partial charge in [-0.3, -0.25) is 4.79 Å². The first kappa shape index (κ1) is 15.3. The Morgan fingerprint density at radius 2 is 2.06 bits per heavy atom. The molecule has 1 amide bonds. The van der Waals surface area contributed by atoms with E-state index in [0.29, 0.717) is 13.2 Å². The molecule has 0 saturated heterocycles. The molecule has 0 aromatic carbocycles. The van der Waals surface area contributed by atoms with E-state index in [9.17, 15) is 4.79 Å². The van der Waals surface area contributed by atoms with Crippen molar-refractivity contribution in [2.45, 2.75) is 33.6 Å². The van der Waals surface area contributed by atoms with E-state index in [4.69, 9.17) is 22.7 Å². The van der Waals surface area contributed by atoms with Crippen LogP contribution in [0.1, 0.15) is 33.6 Å². The summed E-state index contributed by atoms with van der Waals surface area (Å²) in [6, 6.07) is 0. The fraction of sp³-hybridized carbons (Fsp3) is 0.818. The summed E-state index contributed by atoms with van der Waals surface area (Å²) in [6.07, 6.45) is 1.82. The third-order valence-corrected chi connectivity index (χ3v) is 2.79. The van der Waals surface area contributed by atoms with Gasteiger partial charge in [0.05, 0.1) is 10.4 Å². The molecule has 0 radical (unpaired) electrons. The van der Waals surface area contributed by atoms with Gasteiger partial charge in [0.25, 0.3) is 0 Å². The smallest absolute Gasteiger partial charge is 0.232 e. The van der Waals surface area contributed by atoms with Crippen LogP contribution in [0.4, 0.5) is 0 Å². The van der Waals surface area contributed by atoms with E-state index in [1.165, 1.54) is 0 Å². The van der Waals surface area contributed by atoms with Crippen LogP contribution in [0, 0.1) is 5.41 Å². The molecule has 0 aromatic heterocycles. The summed E-state index contributed by atoms with van der Waals surface area (Å²) in [5, 5.41) is 2.79. The van der Waals surface area contributed by atoms with E-state index in [1.807, 2.05) is 0 Å². The van der Waals surface area contributed by atoms with E-state index < -0.39 is 5.41 Å². The summed E-state index contributed by atoms with van der Waals surface area (Å²) in [4.78, 5) is 11.9. The van der Waals surface area contributed by atoms with Crippen LogP contribution in [0.25, 0.3) is 0 Å². The number of rotatable bonds is 8. The van der Waals surface area contributed by atoms with Crippen LogP contribution < -0.4 is 11.1 Å². The second-order valence-electron chi connectivity index (χ2n) is 4.21. The Morgan fingerprint density at radius 1 is 1.44 bits per heavy atom. The van der Waals surface area contributed by atoms with Crippen LogP contribution >= 0.6 is 12.2 Å². The van der Waals surface area contributed by atoms with Crippen LogP contribution in [0.15, 0.2) is 0 Å². The average molecular weight is 246 g/mol. The van der Waals surface area contributed by atoms with Crippen molar-refractivity contribution in [1.82, 2.24) is 5.32 Å². The minimum Gasteiger partial charge on any atom is -0.392 e. The third kappa shape index (κ3) is 5.42. The predicted octanol–water partition coefficient (Wildman–Crippen LogP) is 1.23. The maximum absolute atomic E-state index is 11.7. The number of hydrogen-bond donors (Lipinski definition) is 2. The van der Waals surface area contributed by atoms with E-state index in [1.54, 1.807) is 13.8 Å². The van der Waals surface area contributed by atoms with Gasteiger partial charge in [0.2, 0.25) is 5.91 Å². The molecular formula is C11H22N2O2S. The van der Waals surface area contributed by atoms with Crippen molar-refractivity contribution >= 4 is 23.1 Å². The summed E-state index contributed by atoms with van der Waals surface area (Å²) in [5.74, 6) is -0.129. The molecule has 0 spiro atoms. The lowest BCUT2D eigenvalue weighted by atomic mass is 9.92. The fourth-order valence-electron chi connectivity index (χ4n) is 0.955. The normalized spacial score (nSPS) is 11.2. The molecule has 0 unspecified atom stereocenters. The minimum absolute atomic E-state index is 0.129. The first-order chi connectivity index (χ1) is 7.42. The molecule has 0 rings (SSSR count). The Labute approximate surface area is 103 Å². The van der Waals surface area contributed by atoms with Gasteiger partial charge in [-0.1, -0.05) is 19.1 Å². The van der Waals surface area contributed by atoms with Crippen molar-refractivity contribution in [2.75, 3.05) is 19.8 Å². The van der Waals surface area contributed by atoms with Gasteiger partial charge in [0.1, 0.15) is 0 Å².